The van der Waals surface area contributed by atoms with Crippen LogP contribution in [-0.4, -0.2) is 5.60 Å². The Balaban J connectivity index is 2.09. The molecule has 2 nitrogen and oxygen atoms in total. The van der Waals surface area contributed by atoms with E-state index in [-0.39, 0.29) is 11.4 Å². The molecule has 0 fully saturated rings. The van der Waals surface area contributed by atoms with Crippen LogP contribution in [0.25, 0.3) is 0 Å². The molecular weight excluding hydrogens is 253 g/mol. The van der Waals surface area contributed by atoms with E-state index in [1.165, 1.54) is 12.1 Å². The van der Waals surface area contributed by atoms with Gasteiger partial charge in [-0.15, -0.1) is 0 Å². The highest BCUT2D eigenvalue weighted by atomic mass is 19.1. The molecule has 20 heavy (non-hydrogen) atoms. The average molecular weight is 273 g/mol. The summed E-state index contributed by atoms with van der Waals surface area (Å²) in [5.41, 5.74) is 1.57. The van der Waals surface area contributed by atoms with Gasteiger partial charge in [0.05, 0.1) is 0 Å². The zero-order valence-electron chi connectivity index (χ0n) is 12.1. The van der Waals surface area contributed by atoms with Crippen LogP contribution in [-0.2, 0) is 6.54 Å². The van der Waals surface area contributed by atoms with Crippen molar-refractivity contribution in [2.45, 2.75) is 32.9 Å². The van der Waals surface area contributed by atoms with Gasteiger partial charge in [-0.1, -0.05) is 24.3 Å². The van der Waals surface area contributed by atoms with Crippen LogP contribution < -0.4 is 10.1 Å². The molecule has 0 aromatic heterocycles. The third kappa shape index (κ3) is 4.26. The van der Waals surface area contributed by atoms with Crippen LogP contribution in [0.15, 0.2) is 48.5 Å². The number of ether oxygens (including phenoxy) is 1. The molecule has 0 radical (unpaired) electrons. The molecule has 0 saturated carbocycles. The fraction of sp³-hybridized carbons (Fsp3) is 0.294. The molecule has 0 bridgehead atoms. The first kappa shape index (κ1) is 14.4. The summed E-state index contributed by atoms with van der Waals surface area (Å²) in [5.74, 6) is 0.609. The molecule has 0 aliphatic carbocycles. The molecule has 0 atom stereocenters. The number of hydrogen-bond donors (Lipinski definition) is 1. The van der Waals surface area contributed by atoms with Crippen molar-refractivity contribution >= 4 is 5.69 Å². The summed E-state index contributed by atoms with van der Waals surface area (Å²) < 4.78 is 19.1. The van der Waals surface area contributed by atoms with Gasteiger partial charge >= 0.3 is 0 Å². The van der Waals surface area contributed by atoms with E-state index in [0.717, 1.165) is 17.0 Å². The quantitative estimate of drug-likeness (QED) is 0.878. The molecule has 0 heterocycles. The summed E-state index contributed by atoms with van der Waals surface area (Å²) in [7, 11) is 0. The topological polar surface area (TPSA) is 21.3 Å². The SMILES string of the molecule is CC(C)(C)Oc1ccccc1CNc1cccc(F)c1. The highest BCUT2D eigenvalue weighted by Crippen LogP contribution is 2.24. The number of anilines is 1. The third-order valence-electron chi connectivity index (χ3n) is 2.70. The van der Waals surface area contributed by atoms with Gasteiger partial charge in [-0.2, -0.15) is 0 Å². The lowest BCUT2D eigenvalue weighted by Crippen LogP contribution is -2.23. The predicted molar refractivity (Wildman–Crippen MR) is 80.5 cm³/mol. The smallest absolute Gasteiger partial charge is 0.125 e. The maximum Gasteiger partial charge on any atom is 0.125 e. The second-order valence-corrected chi connectivity index (χ2v) is 5.69. The number of hydrogen-bond acceptors (Lipinski definition) is 2. The van der Waals surface area contributed by atoms with Crippen molar-refractivity contribution in [2.75, 3.05) is 5.32 Å². The van der Waals surface area contributed by atoms with Crippen molar-refractivity contribution in [1.29, 1.82) is 0 Å². The minimum Gasteiger partial charge on any atom is -0.488 e. The van der Waals surface area contributed by atoms with Crippen molar-refractivity contribution < 1.29 is 9.13 Å². The fourth-order valence-corrected chi connectivity index (χ4v) is 1.88. The monoisotopic (exact) mass is 273 g/mol. The molecule has 3 heteroatoms. The van der Waals surface area contributed by atoms with Gasteiger partial charge in [0.15, 0.2) is 0 Å². The zero-order valence-corrected chi connectivity index (χ0v) is 12.1. The van der Waals surface area contributed by atoms with Crippen LogP contribution in [0.1, 0.15) is 26.3 Å². The standard InChI is InChI=1S/C17H20FNO/c1-17(2,3)20-16-10-5-4-7-13(16)12-19-15-9-6-8-14(18)11-15/h4-11,19H,12H2,1-3H3. The summed E-state index contributed by atoms with van der Waals surface area (Å²) in [6.07, 6.45) is 0. The molecule has 2 rings (SSSR count). The molecule has 0 aliphatic heterocycles. The molecular formula is C17H20FNO. The summed E-state index contributed by atoms with van der Waals surface area (Å²) in [4.78, 5) is 0. The summed E-state index contributed by atoms with van der Waals surface area (Å²) in [5, 5.41) is 3.21. The van der Waals surface area contributed by atoms with Crippen LogP contribution in [0.3, 0.4) is 0 Å². The molecule has 2 aromatic rings. The van der Waals surface area contributed by atoms with Crippen LogP contribution in [0.2, 0.25) is 0 Å². The zero-order chi connectivity index (χ0) is 14.6. The van der Waals surface area contributed by atoms with E-state index in [2.05, 4.69) is 5.32 Å². The largest absolute Gasteiger partial charge is 0.488 e. The van der Waals surface area contributed by atoms with Gasteiger partial charge in [0.2, 0.25) is 0 Å². The van der Waals surface area contributed by atoms with Crippen LogP contribution >= 0.6 is 0 Å². The van der Waals surface area contributed by atoms with E-state index in [0.29, 0.717) is 6.54 Å². The molecule has 1 N–H and O–H groups in total. The van der Waals surface area contributed by atoms with Gasteiger partial charge < -0.3 is 10.1 Å². The molecule has 106 valence electrons. The summed E-state index contributed by atoms with van der Waals surface area (Å²) in [6.45, 7) is 6.65. The van der Waals surface area contributed by atoms with Crippen molar-refractivity contribution in [2.24, 2.45) is 0 Å². The molecule has 0 amide bonds. The van der Waals surface area contributed by atoms with Crippen LogP contribution in [0, 0.1) is 5.82 Å². The summed E-state index contributed by atoms with van der Waals surface area (Å²) >= 11 is 0. The fourth-order valence-electron chi connectivity index (χ4n) is 1.88. The molecule has 0 unspecified atom stereocenters. The lowest BCUT2D eigenvalue weighted by atomic mass is 10.1. The van der Waals surface area contributed by atoms with Gasteiger partial charge in [0, 0.05) is 17.8 Å². The van der Waals surface area contributed by atoms with E-state index in [1.807, 2.05) is 51.1 Å². The second kappa shape index (κ2) is 5.95. The number of halogens is 1. The predicted octanol–water partition coefficient (Wildman–Crippen LogP) is 4.62. The van der Waals surface area contributed by atoms with Crippen molar-refractivity contribution in [3.8, 4) is 5.75 Å². The maximum absolute atomic E-state index is 13.1. The Hall–Kier alpha value is -2.03. The summed E-state index contributed by atoms with van der Waals surface area (Å²) in [6, 6.07) is 14.3. The maximum atomic E-state index is 13.1. The molecule has 0 spiro atoms. The Morgan fingerprint density at radius 3 is 2.50 bits per heavy atom. The van der Waals surface area contributed by atoms with Crippen LogP contribution in [0.5, 0.6) is 5.75 Å². The first-order chi connectivity index (χ1) is 9.44. The highest BCUT2D eigenvalue weighted by Gasteiger charge is 2.14. The second-order valence-electron chi connectivity index (χ2n) is 5.69. The van der Waals surface area contributed by atoms with Gasteiger partial charge in [-0.25, -0.2) is 4.39 Å². The van der Waals surface area contributed by atoms with Crippen molar-refractivity contribution in [3.05, 3.63) is 59.9 Å². The Morgan fingerprint density at radius 2 is 1.80 bits per heavy atom. The average Bonchev–Trinajstić information content (AvgIpc) is 2.36. The minimum atomic E-state index is -0.241. The molecule has 2 aromatic carbocycles. The Labute approximate surface area is 119 Å². The lowest BCUT2D eigenvalue weighted by molar-refractivity contribution is 0.129. The third-order valence-corrected chi connectivity index (χ3v) is 2.70. The number of nitrogens with one attached hydrogen (secondary N) is 1. The molecule has 0 aliphatic rings. The number of para-hydroxylation sites is 1. The minimum absolute atomic E-state index is 0.241. The van der Waals surface area contributed by atoms with E-state index in [9.17, 15) is 4.39 Å². The van der Waals surface area contributed by atoms with Gasteiger partial charge in [-0.05, 0) is 45.0 Å². The lowest BCUT2D eigenvalue weighted by Gasteiger charge is -2.23. The Bertz CT molecular complexity index is 575. The molecule has 0 saturated heterocycles. The van der Waals surface area contributed by atoms with Crippen molar-refractivity contribution in [3.63, 3.8) is 0 Å². The highest BCUT2D eigenvalue weighted by molar-refractivity contribution is 5.45. The van der Waals surface area contributed by atoms with Crippen LogP contribution in [0.4, 0.5) is 10.1 Å². The Kier molecular flexibility index (Phi) is 4.28. The Morgan fingerprint density at radius 1 is 1.05 bits per heavy atom. The van der Waals surface area contributed by atoms with E-state index in [4.69, 9.17) is 4.74 Å². The van der Waals surface area contributed by atoms with Gasteiger partial charge in [0.25, 0.3) is 0 Å². The first-order valence-corrected chi connectivity index (χ1v) is 6.70. The van der Waals surface area contributed by atoms with Gasteiger partial charge in [-0.3, -0.25) is 0 Å². The van der Waals surface area contributed by atoms with E-state index in [1.54, 1.807) is 6.07 Å². The number of benzene rings is 2. The van der Waals surface area contributed by atoms with Crippen molar-refractivity contribution in [1.82, 2.24) is 0 Å². The first-order valence-electron chi connectivity index (χ1n) is 6.70. The number of rotatable bonds is 4. The van der Waals surface area contributed by atoms with E-state index >= 15 is 0 Å². The normalized spacial score (nSPS) is 11.2. The van der Waals surface area contributed by atoms with Gasteiger partial charge in [0.1, 0.15) is 17.2 Å². The van der Waals surface area contributed by atoms with E-state index < -0.39 is 0 Å².